The van der Waals surface area contributed by atoms with Gasteiger partial charge in [0, 0.05) is 38.6 Å². The minimum atomic E-state index is -2.88. The molecule has 2 aromatic rings. The number of aromatic nitrogens is 1. The van der Waals surface area contributed by atoms with Gasteiger partial charge < -0.3 is 10.2 Å². The monoisotopic (exact) mass is 510 g/mol. The first kappa shape index (κ1) is 24.0. The van der Waals surface area contributed by atoms with Crippen LogP contribution >= 0.6 is 11.8 Å². The van der Waals surface area contributed by atoms with Crippen molar-refractivity contribution in [3.05, 3.63) is 65.9 Å². The van der Waals surface area contributed by atoms with Crippen molar-refractivity contribution in [2.45, 2.75) is 31.3 Å². The molecule has 5 rings (SSSR count). The molecule has 3 aliphatic heterocycles. The second-order valence-corrected chi connectivity index (χ2v) is 12.8. The molecule has 10 heteroatoms. The van der Waals surface area contributed by atoms with Crippen LogP contribution in [0.3, 0.4) is 0 Å². The van der Waals surface area contributed by atoms with Crippen LogP contribution in [0.15, 0.2) is 64.7 Å². The van der Waals surface area contributed by atoms with Crippen LogP contribution in [0.4, 0.5) is 11.5 Å². The fraction of sp³-hybridized carbons (Fsp3) is 0.400. The third-order valence-corrected chi connectivity index (χ3v) is 9.38. The molecule has 2 atom stereocenters. The van der Waals surface area contributed by atoms with E-state index in [-0.39, 0.29) is 16.9 Å². The summed E-state index contributed by atoms with van der Waals surface area (Å²) < 4.78 is 23.4. The lowest BCUT2D eigenvalue weighted by atomic mass is 10.0. The van der Waals surface area contributed by atoms with Gasteiger partial charge in [0.1, 0.15) is 22.6 Å². The molecule has 1 fully saturated rings. The highest BCUT2D eigenvalue weighted by Gasteiger charge is 2.42. The molecule has 1 aromatic carbocycles. The number of pyridine rings is 1. The van der Waals surface area contributed by atoms with E-state index < -0.39 is 15.4 Å². The van der Waals surface area contributed by atoms with Gasteiger partial charge in [-0.3, -0.25) is 9.89 Å². The highest BCUT2D eigenvalue weighted by atomic mass is 32.2. The van der Waals surface area contributed by atoms with Crippen molar-refractivity contribution < 1.29 is 8.42 Å². The van der Waals surface area contributed by atoms with Gasteiger partial charge in [0.05, 0.1) is 11.5 Å². The van der Waals surface area contributed by atoms with Crippen molar-refractivity contribution in [3.8, 4) is 0 Å². The first-order valence-corrected chi connectivity index (χ1v) is 14.4. The zero-order valence-electron chi connectivity index (χ0n) is 20.2. The molecule has 4 heterocycles. The third kappa shape index (κ3) is 5.44. The molecule has 0 aliphatic carbocycles. The minimum Gasteiger partial charge on any atom is -0.330 e. The number of amidine groups is 2. The zero-order chi connectivity index (χ0) is 24.6. The van der Waals surface area contributed by atoms with E-state index >= 15 is 0 Å². The van der Waals surface area contributed by atoms with Crippen molar-refractivity contribution in [2.75, 3.05) is 41.9 Å². The second-order valence-electron chi connectivity index (χ2n) is 9.43. The van der Waals surface area contributed by atoms with Crippen LogP contribution in [0, 0.1) is 6.92 Å². The number of nitrogens with zero attached hydrogens (tertiary/aromatic N) is 5. The maximum Gasteiger partial charge on any atom is 0.165 e. The van der Waals surface area contributed by atoms with Gasteiger partial charge in [-0.05, 0) is 49.8 Å². The van der Waals surface area contributed by atoms with Crippen molar-refractivity contribution in [3.63, 3.8) is 0 Å². The summed E-state index contributed by atoms with van der Waals surface area (Å²) >= 11 is 1.60. The Labute approximate surface area is 211 Å². The number of aliphatic imine (C=N–C) groups is 2. The Hall–Kier alpha value is -2.69. The van der Waals surface area contributed by atoms with Crippen LogP contribution in [0.2, 0.25) is 0 Å². The van der Waals surface area contributed by atoms with Gasteiger partial charge in [-0.25, -0.2) is 18.4 Å². The van der Waals surface area contributed by atoms with Crippen LogP contribution < -0.4 is 10.2 Å². The second kappa shape index (κ2) is 9.40. The molecule has 2 unspecified atom stereocenters. The number of hydrogen-bond acceptors (Lipinski definition) is 9. The Morgan fingerprint density at radius 3 is 2.69 bits per heavy atom. The smallest absolute Gasteiger partial charge is 0.165 e. The van der Waals surface area contributed by atoms with Gasteiger partial charge in [-0.15, -0.1) is 0 Å². The summed E-state index contributed by atoms with van der Waals surface area (Å²) in [7, 11) is -0.848. The standard InChI is InChI=1S/C25H30N6O2S2/c1-18-4-6-20(7-5-18)30(3)22-8-10-25(2)23(28-22)34-24(29-25)27-21-16-19(9-11-26-21)17-31-12-14-35(32,33)15-13-31/h4-11,16,23H,12-15,17H2,1-3H3,(H,26,27,29). The number of thioether (sulfide) groups is 1. The molecule has 1 aromatic heterocycles. The molecule has 0 radical (unpaired) electrons. The van der Waals surface area contributed by atoms with Crippen molar-refractivity contribution in [1.82, 2.24) is 9.88 Å². The minimum absolute atomic E-state index is 0.0589. The number of dihydropyridines is 1. The Balaban J connectivity index is 1.24. The van der Waals surface area contributed by atoms with Crippen LogP contribution in [0.25, 0.3) is 0 Å². The van der Waals surface area contributed by atoms with E-state index in [1.165, 1.54) is 5.56 Å². The topological polar surface area (TPSA) is 90.3 Å². The highest BCUT2D eigenvalue weighted by molar-refractivity contribution is 8.15. The van der Waals surface area contributed by atoms with Crippen molar-refractivity contribution >= 4 is 44.1 Å². The quantitative estimate of drug-likeness (QED) is 0.675. The van der Waals surface area contributed by atoms with Crippen LogP contribution in [0.1, 0.15) is 18.1 Å². The summed E-state index contributed by atoms with van der Waals surface area (Å²) in [4.78, 5) is 18.6. The number of rotatable bonds is 4. The van der Waals surface area contributed by atoms with E-state index in [4.69, 9.17) is 9.98 Å². The number of likely N-dealkylation sites (N-methyl/N-ethyl adjacent to an activating group) is 1. The summed E-state index contributed by atoms with van der Waals surface area (Å²) in [5.74, 6) is 2.09. The lowest BCUT2D eigenvalue weighted by molar-refractivity contribution is 0.287. The lowest BCUT2D eigenvalue weighted by Crippen LogP contribution is -2.39. The summed E-state index contributed by atoms with van der Waals surface area (Å²) in [5.41, 5.74) is 3.00. The number of sulfone groups is 1. The molecule has 1 saturated heterocycles. The molecule has 0 bridgehead atoms. The van der Waals surface area contributed by atoms with Gasteiger partial charge >= 0.3 is 0 Å². The van der Waals surface area contributed by atoms with Crippen LogP contribution in [0.5, 0.6) is 0 Å². The van der Waals surface area contributed by atoms with E-state index in [9.17, 15) is 8.42 Å². The van der Waals surface area contributed by atoms with Crippen molar-refractivity contribution in [1.29, 1.82) is 0 Å². The van der Waals surface area contributed by atoms with Gasteiger partial charge in [0.25, 0.3) is 0 Å². The molecule has 1 N–H and O–H groups in total. The van der Waals surface area contributed by atoms with Gasteiger partial charge in [0.2, 0.25) is 0 Å². The summed E-state index contributed by atoms with van der Waals surface area (Å²) in [6.07, 6.45) is 5.95. The first-order chi connectivity index (χ1) is 16.7. The maximum absolute atomic E-state index is 11.7. The van der Waals surface area contributed by atoms with Gasteiger partial charge in [0.15, 0.2) is 15.0 Å². The maximum atomic E-state index is 11.7. The molecule has 35 heavy (non-hydrogen) atoms. The zero-order valence-corrected chi connectivity index (χ0v) is 21.8. The van der Waals surface area contributed by atoms with Crippen LogP contribution in [-0.4, -0.2) is 71.9 Å². The number of hydrogen-bond donors (Lipinski definition) is 1. The number of fused-ring (bicyclic) bond motifs is 1. The molecule has 0 amide bonds. The number of aryl methyl sites for hydroxylation is 1. The first-order valence-electron chi connectivity index (χ1n) is 11.7. The molecule has 3 aliphatic rings. The van der Waals surface area contributed by atoms with Crippen LogP contribution in [-0.2, 0) is 16.4 Å². The third-order valence-electron chi connectivity index (χ3n) is 6.55. The summed E-state index contributed by atoms with van der Waals surface area (Å²) in [5, 5.41) is 4.10. The van der Waals surface area contributed by atoms with E-state index in [2.05, 4.69) is 64.3 Å². The number of benzene rings is 1. The summed E-state index contributed by atoms with van der Waals surface area (Å²) in [6, 6.07) is 12.4. The predicted molar refractivity (Wildman–Crippen MR) is 145 cm³/mol. The fourth-order valence-corrected chi connectivity index (χ4v) is 6.71. The highest BCUT2D eigenvalue weighted by Crippen LogP contribution is 2.40. The van der Waals surface area contributed by atoms with E-state index in [0.29, 0.717) is 19.6 Å². The molecular formula is C25H30N6O2S2. The Morgan fingerprint density at radius 2 is 1.94 bits per heavy atom. The average Bonchev–Trinajstić information content (AvgIpc) is 3.15. The SMILES string of the molecule is Cc1ccc(N(C)C2=NC3SC(Nc4cc(CN5CCS(=O)(=O)CC5)ccn4)=NC3(C)C=C2)cc1. The number of anilines is 2. The average molecular weight is 511 g/mol. The van der Waals surface area contributed by atoms with E-state index in [1.807, 2.05) is 25.3 Å². The van der Waals surface area contributed by atoms with Crippen molar-refractivity contribution in [2.24, 2.45) is 9.98 Å². The largest absolute Gasteiger partial charge is 0.330 e. The van der Waals surface area contributed by atoms with E-state index in [0.717, 1.165) is 28.1 Å². The molecule has 184 valence electrons. The Bertz CT molecular complexity index is 1290. The van der Waals surface area contributed by atoms with Gasteiger partial charge in [-0.1, -0.05) is 35.5 Å². The predicted octanol–water partition coefficient (Wildman–Crippen LogP) is 3.32. The van der Waals surface area contributed by atoms with E-state index in [1.54, 1.807) is 18.0 Å². The lowest BCUT2D eigenvalue weighted by Gasteiger charge is -2.29. The molecule has 8 nitrogen and oxygen atoms in total. The summed E-state index contributed by atoms with van der Waals surface area (Å²) in [6.45, 7) is 6.02. The van der Waals surface area contributed by atoms with Gasteiger partial charge in [-0.2, -0.15) is 0 Å². The number of nitrogens with one attached hydrogen (secondary N) is 1. The fourth-order valence-electron chi connectivity index (χ4n) is 4.28. The normalized spacial score (nSPS) is 25.5. The molecule has 0 saturated carbocycles. The Kier molecular flexibility index (Phi) is 6.45. The molecule has 0 spiro atoms. The Morgan fingerprint density at radius 1 is 1.20 bits per heavy atom. The molecular weight excluding hydrogens is 480 g/mol.